The lowest BCUT2D eigenvalue weighted by Gasteiger charge is -2.38. The van der Waals surface area contributed by atoms with E-state index in [0.717, 1.165) is 6.54 Å². The number of piperazine rings is 1. The van der Waals surface area contributed by atoms with E-state index in [2.05, 4.69) is 12.2 Å². The van der Waals surface area contributed by atoms with Gasteiger partial charge in [-0.3, -0.25) is 9.59 Å². The molecule has 1 amide bonds. The molecule has 2 atom stereocenters. The normalized spacial score (nSPS) is 23.5. The molecule has 1 saturated heterocycles. The molecular weight excluding hydrogens is 242 g/mol. The molecule has 2 heterocycles. The largest absolute Gasteiger partial charge is 0.346 e. The Kier molecular flexibility index (Phi) is 3.75. The van der Waals surface area contributed by atoms with E-state index in [-0.39, 0.29) is 23.8 Å². The van der Waals surface area contributed by atoms with Gasteiger partial charge < -0.3 is 14.8 Å². The van der Waals surface area contributed by atoms with Crippen molar-refractivity contribution in [2.24, 2.45) is 7.05 Å². The molecule has 1 aromatic heterocycles. The summed E-state index contributed by atoms with van der Waals surface area (Å²) >= 11 is 0. The monoisotopic (exact) mass is 263 g/mol. The van der Waals surface area contributed by atoms with Crippen LogP contribution >= 0.6 is 0 Å². The maximum Gasteiger partial charge on any atom is 0.270 e. The predicted molar refractivity (Wildman–Crippen MR) is 73.4 cm³/mol. The van der Waals surface area contributed by atoms with Gasteiger partial charge in [-0.25, -0.2) is 0 Å². The SMILES string of the molecule is CC(=O)c1cc(C(=O)N2CCNC(C)C2C)n(C)c1. The van der Waals surface area contributed by atoms with Crippen molar-refractivity contribution in [3.8, 4) is 0 Å². The Morgan fingerprint density at radius 2 is 2.05 bits per heavy atom. The van der Waals surface area contributed by atoms with Crippen LogP contribution in [-0.4, -0.2) is 46.3 Å². The van der Waals surface area contributed by atoms with Crippen molar-refractivity contribution in [2.45, 2.75) is 32.9 Å². The van der Waals surface area contributed by atoms with Crippen LogP contribution in [0.1, 0.15) is 41.6 Å². The highest BCUT2D eigenvalue weighted by atomic mass is 16.2. The van der Waals surface area contributed by atoms with Gasteiger partial charge in [-0.05, 0) is 26.8 Å². The van der Waals surface area contributed by atoms with E-state index in [1.165, 1.54) is 6.92 Å². The molecule has 1 aromatic rings. The molecular formula is C14H21N3O2. The van der Waals surface area contributed by atoms with Crippen molar-refractivity contribution in [1.29, 1.82) is 0 Å². The lowest BCUT2D eigenvalue weighted by molar-refractivity contribution is 0.0593. The summed E-state index contributed by atoms with van der Waals surface area (Å²) in [5, 5.41) is 3.35. The third-order valence-electron chi connectivity index (χ3n) is 3.93. The molecule has 5 nitrogen and oxygen atoms in total. The summed E-state index contributed by atoms with van der Waals surface area (Å²) < 4.78 is 1.73. The molecule has 1 aliphatic rings. The second kappa shape index (κ2) is 5.17. The quantitative estimate of drug-likeness (QED) is 0.811. The van der Waals surface area contributed by atoms with Crippen molar-refractivity contribution in [3.63, 3.8) is 0 Å². The van der Waals surface area contributed by atoms with Crippen LogP contribution in [0.25, 0.3) is 0 Å². The number of ketones is 1. The van der Waals surface area contributed by atoms with E-state index >= 15 is 0 Å². The first-order valence-corrected chi connectivity index (χ1v) is 6.63. The zero-order valence-electron chi connectivity index (χ0n) is 11.9. The summed E-state index contributed by atoms with van der Waals surface area (Å²) in [6, 6.07) is 2.12. The molecule has 0 spiro atoms. The molecule has 0 saturated carbocycles. The first-order valence-electron chi connectivity index (χ1n) is 6.63. The van der Waals surface area contributed by atoms with Crippen LogP contribution in [0.4, 0.5) is 0 Å². The molecule has 1 aliphatic heterocycles. The Bertz CT molecular complexity index is 507. The maximum absolute atomic E-state index is 12.6. The average Bonchev–Trinajstić information content (AvgIpc) is 2.74. The van der Waals surface area contributed by atoms with Crippen LogP contribution in [0.3, 0.4) is 0 Å². The van der Waals surface area contributed by atoms with Gasteiger partial charge in [-0.15, -0.1) is 0 Å². The second-order valence-corrected chi connectivity index (χ2v) is 5.26. The Morgan fingerprint density at radius 1 is 1.37 bits per heavy atom. The third kappa shape index (κ3) is 2.56. The Morgan fingerprint density at radius 3 is 2.63 bits per heavy atom. The van der Waals surface area contributed by atoms with Crippen LogP contribution in [-0.2, 0) is 7.05 Å². The summed E-state index contributed by atoms with van der Waals surface area (Å²) in [5.41, 5.74) is 1.16. The third-order valence-corrected chi connectivity index (χ3v) is 3.93. The number of aromatic nitrogens is 1. The first-order chi connectivity index (χ1) is 8.91. The fourth-order valence-corrected chi connectivity index (χ4v) is 2.46. The van der Waals surface area contributed by atoms with E-state index in [4.69, 9.17) is 0 Å². The molecule has 0 bridgehead atoms. The number of carbonyl (C=O) groups is 2. The minimum Gasteiger partial charge on any atom is -0.346 e. The lowest BCUT2D eigenvalue weighted by atomic mass is 10.1. The van der Waals surface area contributed by atoms with Crippen LogP contribution in [0.2, 0.25) is 0 Å². The molecule has 0 aromatic carbocycles. The Hall–Kier alpha value is -1.62. The molecule has 0 radical (unpaired) electrons. The number of nitrogens with zero attached hydrogens (tertiary/aromatic N) is 2. The van der Waals surface area contributed by atoms with E-state index in [9.17, 15) is 9.59 Å². The summed E-state index contributed by atoms with van der Waals surface area (Å²) in [5.74, 6) is -0.0211. The highest BCUT2D eigenvalue weighted by Gasteiger charge is 2.30. The van der Waals surface area contributed by atoms with E-state index in [1.807, 2.05) is 11.8 Å². The molecule has 19 heavy (non-hydrogen) atoms. The number of rotatable bonds is 2. The fourth-order valence-electron chi connectivity index (χ4n) is 2.46. The van der Waals surface area contributed by atoms with Gasteiger partial charge in [0.2, 0.25) is 0 Å². The van der Waals surface area contributed by atoms with Crippen molar-refractivity contribution < 1.29 is 9.59 Å². The van der Waals surface area contributed by atoms with Gasteiger partial charge in [0.1, 0.15) is 5.69 Å². The van der Waals surface area contributed by atoms with Crippen LogP contribution < -0.4 is 5.32 Å². The minimum absolute atomic E-state index is 0.00384. The zero-order chi connectivity index (χ0) is 14.2. The topological polar surface area (TPSA) is 54.3 Å². The number of aryl methyl sites for hydroxylation is 1. The number of hydrogen-bond acceptors (Lipinski definition) is 3. The van der Waals surface area contributed by atoms with Crippen molar-refractivity contribution in [2.75, 3.05) is 13.1 Å². The lowest BCUT2D eigenvalue weighted by Crippen LogP contribution is -2.57. The molecule has 0 aliphatic carbocycles. The summed E-state index contributed by atoms with van der Waals surface area (Å²) in [7, 11) is 1.80. The first kappa shape index (κ1) is 13.8. The van der Waals surface area contributed by atoms with Crippen molar-refractivity contribution >= 4 is 11.7 Å². The number of nitrogens with one attached hydrogen (secondary N) is 1. The second-order valence-electron chi connectivity index (χ2n) is 5.26. The number of carbonyl (C=O) groups excluding carboxylic acids is 2. The molecule has 5 heteroatoms. The zero-order valence-corrected chi connectivity index (χ0v) is 11.9. The van der Waals surface area contributed by atoms with E-state index in [1.54, 1.807) is 23.9 Å². The van der Waals surface area contributed by atoms with Gasteiger partial charge in [0.15, 0.2) is 5.78 Å². The van der Waals surface area contributed by atoms with Gasteiger partial charge in [-0.1, -0.05) is 0 Å². The van der Waals surface area contributed by atoms with Crippen molar-refractivity contribution in [1.82, 2.24) is 14.8 Å². The minimum atomic E-state index is -0.0172. The molecule has 2 rings (SSSR count). The maximum atomic E-state index is 12.6. The number of Topliss-reactive ketones (excluding diaryl/α,β-unsaturated/α-hetero) is 1. The summed E-state index contributed by atoms with van der Waals surface area (Å²) in [6.45, 7) is 7.14. The smallest absolute Gasteiger partial charge is 0.270 e. The van der Waals surface area contributed by atoms with Crippen LogP contribution in [0.5, 0.6) is 0 Å². The van der Waals surface area contributed by atoms with E-state index in [0.29, 0.717) is 17.8 Å². The summed E-state index contributed by atoms with van der Waals surface area (Å²) in [4.78, 5) is 25.8. The Labute approximate surface area is 113 Å². The average molecular weight is 263 g/mol. The van der Waals surface area contributed by atoms with Crippen molar-refractivity contribution in [3.05, 3.63) is 23.5 Å². The van der Waals surface area contributed by atoms with Crippen LogP contribution in [0.15, 0.2) is 12.3 Å². The molecule has 2 unspecified atom stereocenters. The van der Waals surface area contributed by atoms with Gasteiger partial charge in [-0.2, -0.15) is 0 Å². The molecule has 104 valence electrons. The van der Waals surface area contributed by atoms with Gasteiger partial charge in [0.05, 0.1) is 0 Å². The molecule has 1 N–H and O–H groups in total. The predicted octanol–water partition coefficient (Wildman–Crippen LogP) is 1.05. The van der Waals surface area contributed by atoms with Crippen LogP contribution in [0, 0.1) is 0 Å². The standard InChI is InChI=1S/C14H21N3O2/c1-9-10(2)17(6-5-15-9)14(19)13-7-12(11(3)18)8-16(13)4/h7-10,15H,5-6H2,1-4H3. The molecule has 1 fully saturated rings. The highest BCUT2D eigenvalue weighted by molar-refractivity contribution is 5.99. The van der Waals surface area contributed by atoms with Gasteiger partial charge >= 0.3 is 0 Å². The number of amides is 1. The highest BCUT2D eigenvalue weighted by Crippen LogP contribution is 2.16. The van der Waals surface area contributed by atoms with Gasteiger partial charge in [0, 0.05) is 44.0 Å². The summed E-state index contributed by atoms with van der Waals surface area (Å²) in [6.07, 6.45) is 1.71. The van der Waals surface area contributed by atoms with Gasteiger partial charge in [0.25, 0.3) is 5.91 Å². The Balaban J connectivity index is 2.26. The fraction of sp³-hybridized carbons (Fsp3) is 0.571. The number of hydrogen-bond donors (Lipinski definition) is 1. The van der Waals surface area contributed by atoms with E-state index < -0.39 is 0 Å².